The highest BCUT2D eigenvalue weighted by Gasteiger charge is 2.14. The van der Waals surface area contributed by atoms with Gasteiger partial charge in [0, 0.05) is 18.0 Å². The van der Waals surface area contributed by atoms with Crippen molar-refractivity contribution in [2.45, 2.75) is 24.7 Å². The third-order valence-electron chi connectivity index (χ3n) is 4.36. The monoisotopic (exact) mass is 441 g/mol. The molecular formula is C21H19N3O2S3. The van der Waals surface area contributed by atoms with Gasteiger partial charge in [0.05, 0.1) is 11.3 Å². The minimum absolute atomic E-state index is 0.0336. The van der Waals surface area contributed by atoms with Crippen LogP contribution >= 0.6 is 34.4 Å². The van der Waals surface area contributed by atoms with Gasteiger partial charge in [0.1, 0.15) is 4.70 Å². The summed E-state index contributed by atoms with van der Waals surface area (Å²) in [7, 11) is 0. The maximum absolute atomic E-state index is 12.9. The molecule has 0 aliphatic carbocycles. The highest BCUT2D eigenvalue weighted by molar-refractivity contribution is 7.99. The maximum atomic E-state index is 12.9. The first-order valence-electron chi connectivity index (χ1n) is 9.14. The Kier molecular flexibility index (Phi) is 6.43. The Labute approximate surface area is 180 Å². The van der Waals surface area contributed by atoms with Gasteiger partial charge in [-0.2, -0.15) is 0 Å². The maximum Gasteiger partial charge on any atom is 0.272 e. The second-order valence-electron chi connectivity index (χ2n) is 6.37. The molecule has 3 aromatic heterocycles. The summed E-state index contributed by atoms with van der Waals surface area (Å²) in [6.07, 6.45) is 0.768. The number of thioether (sulfide) groups is 1. The first-order valence-corrected chi connectivity index (χ1v) is 11.9. The van der Waals surface area contributed by atoms with E-state index < -0.39 is 0 Å². The molecule has 0 saturated heterocycles. The van der Waals surface area contributed by atoms with Gasteiger partial charge in [-0.05, 0) is 34.9 Å². The molecule has 0 atom stereocenters. The summed E-state index contributed by atoms with van der Waals surface area (Å²) in [4.78, 5) is 31.1. The molecule has 0 radical (unpaired) electrons. The number of nitrogens with one attached hydrogen (secondary N) is 1. The molecule has 3 heterocycles. The predicted molar refractivity (Wildman–Crippen MR) is 121 cm³/mol. The molecule has 29 heavy (non-hydrogen) atoms. The molecule has 5 nitrogen and oxygen atoms in total. The number of rotatable bonds is 8. The number of nitrogens with zero attached hydrogens (tertiary/aromatic N) is 2. The van der Waals surface area contributed by atoms with Crippen LogP contribution in [0.3, 0.4) is 0 Å². The molecule has 4 rings (SSSR count). The molecule has 1 amide bonds. The summed E-state index contributed by atoms with van der Waals surface area (Å²) >= 11 is 4.39. The number of aryl methyl sites for hydroxylation is 1. The van der Waals surface area contributed by atoms with Crippen molar-refractivity contribution >= 4 is 50.6 Å². The molecule has 148 valence electrons. The van der Waals surface area contributed by atoms with Gasteiger partial charge in [-0.25, -0.2) is 4.98 Å². The fourth-order valence-corrected chi connectivity index (χ4v) is 5.22. The summed E-state index contributed by atoms with van der Waals surface area (Å²) in [6, 6.07) is 15.7. The van der Waals surface area contributed by atoms with E-state index in [1.165, 1.54) is 28.0 Å². The number of thiophene rings is 2. The Morgan fingerprint density at radius 1 is 1.07 bits per heavy atom. The highest BCUT2D eigenvalue weighted by Crippen LogP contribution is 2.21. The van der Waals surface area contributed by atoms with Gasteiger partial charge in [-0.3, -0.25) is 14.2 Å². The van der Waals surface area contributed by atoms with Crippen LogP contribution in [-0.2, 0) is 24.3 Å². The van der Waals surface area contributed by atoms with Crippen LogP contribution in [0.4, 0.5) is 0 Å². The molecule has 0 spiro atoms. The van der Waals surface area contributed by atoms with Crippen LogP contribution < -0.4 is 10.9 Å². The fraction of sp³-hybridized carbons (Fsp3) is 0.190. The Hall–Kier alpha value is -2.42. The molecule has 1 aromatic carbocycles. The van der Waals surface area contributed by atoms with E-state index in [-0.39, 0.29) is 17.2 Å². The summed E-state index contributed by atoms with van der Waals surface area (Å²) in [5.41, 5.74) is 1.71. The molecular weight excluding hydrogens is 422 g/mol. The number of fused-ring (bicyclic) bond motifs is 1. The number of benzene rings is 1. The van der Waals surface area contributed by atoms with Gasteiger partial charge >= 0.3 is 0 Å². The van der Waals surface area contributed by atoms with Gasteiger partial charge < -0.3 is 5.32 Å². The Morgan fingerprint density at radius 2 is 1.93 bits per heavy atom. The summed E-state index contributed by atoms with van der Waals surface area (Å²) in [5, 5.41) is 7.42. The fourth-order valence-electron chi connectivity index (χ4n) is 2.89. The number of aromatic nitrogens is 2. The normalized spacial score (nSPS) is 11.0. The third-order valence-corrected chi connectivity index (χ3v) is 7.16. The zero-order valence-corrected chi connectivity index (χ0v) is 18.0. The van der Waals surface area contributed by atoms with Crippen molar-refractivity contribution in [2.75, 3.05) is 5.75 Å². The second kappa shape index (κ2) is 9.39. The van der Waals surface area contributed by atoms with Crippen LogP contribution in [0.5, 0.6) is 0 Å². The molecule has 0 fully saturated rings. The van der Waals surface area contributed by atoms with Crippen molar-refractivity contribution < 1.29 is 4.79 Å². The second-order valence-corrected chi connectivity index (χ2v) is 9.26. The first kappa shape index (κ1) is 19.9. The Bertz CT molecular complexity index is 1150. The van der Waals surface area contributed by atoms with Crippen LogP contribution in [0.2, 0.25) is 0 Å². The lowest BCUT2D eigenvalue weighted by Gasteiger charge is -2.11. The predicted octanol–water partition coefficient (Wildman–Crippen LogP) is 4.17. The van der Waals surface area contributed by atoms with Gasteiger partial charge in [-0.1, -0.05) is 48.2 Å². The lowest BCUT2D eigenvalue weighted by Crippen LogP contribution is -2.27. The average molecular weight is 442 g/mol. The number of carbonyl (C=O) groups is 1. The molecule has 0 unspecified atom stereocenters. The van der Waals surface area contributed by atoms with E-state index in [0.29, 0.717) is 28.5 Å². The molecule has 1 N–H and O–H groups in total. The number of hydrogen-bond donors (Lipinski definition) is 1. The van der Waals surface area contributed by atoms with Gasteiger partial charge in [0.2, 0.25) is 5.91 Å². The SMILES string of the molecule is O=C(CSc1nc2ccsc2c(=O)n1CCc1cccs1)NCc1ccccc1. The van der Waals surface area contributed by atoms with E-state index in [1.807, 2.05) is 53.2 Å². The summed E-state index contributed by atoms with van der Waals surface area (Å²) in [6.45, 7) is 1.04. The zero-order chi connectivity index (χ0) is 20.1. The van der Waals surface area contributed by atoms with Crippen LogP contribution in [0, 0.1) is 0 Å². The van der Waals surface area contributed by atoms with Crippen LogP contribution in [0.25, 0.3) is 10.2 Å². The van der Waals surface area contributed by atoms with Crippen molar-refractivity contribution in [3.8, 4) is 0 Å². The van der Waals surface area contributed by atoms with E-state index in [1.54, 1.807) is 15.9 Å². The number of carbonyl (C=O) groups excluding carboxylic acids is 1. The van der Waals surface area contributed by atoms with Gasteiger partial charge in [0.15, 0.2) is 5.16 Å². The summed E-state index contributed by atoms with van der Waals surface area (Å²) < 4.78 is 2.36. The molecule has 4 aromatic rings. The quantitative estimate of drug-likeness (QED) is 0.329. The minimum atomic E-state index is -0.0803. The lowest BCUT2D eigenvalue weighted by atomic mass is 10.2. The van der Waals surface area contributed by atoms with Gasteiger partial charge in [0.25, 0.3) is 5.56 Å². The van der Waals surface area contributed by atoms with Crippen LogP contribution in [0.1, 0.15) is 10.4 Å². The standard InChI is InChI=1S/C21H19N3O2S3/c25-18(22-13-15-5-2-1-3-6-15)14-29-21-23-17-9-12-28-19(17)20(26)24(21)10-8-16-7-4-11-27-16/h1-7,9,11-12H,8,10,13-14H2,(H,22,25). The van der Waals surface area contributed by atoms with Crippen molar-refractivity contribution in [1.29, 1.82) is 0 Å². The third kappa shape index (κ3) is 4.95. The Morgan fingerprint density at radius 3 is 2.72 bits per heavy atom. The topological polar surface area (TPSA) is 64.0 Å². The van der Waals surface area contributed by atoms with E-state index >= 15 is 0 Å². The first-order chi connectivity index (χ1) is 14.2. The smallest absolute Gasteiger partial charge is 0.272 e. The molecule has 0 saturated carbocycles. The molecule has 8 heteroatoms. The molecule has 0 bridgehead atoms. The minimum Gasteiger partial charge on any atom is -0.351 e. The van der Waals surface area contributed by atoms with Crippen molar-refractivity contribution in [2.24, 2.45) is 0 Å². The van der Waals surface area contributed by atoms with Crippen LogP contribution in [-0.4, -0.2) is 21.2 Å². The zero-order valence-electron chi connectivity index (χ0n) is 15.5. The highest BCUT2D eigenvalue weighted by atomic mass is 32.2. The number of hydrogen-bond acceptors (Lipinski definition) is 6. The van der Waals surface area contributed by atoms with Crippen molar-refractivity contribution in [3.63, 3.8) is 0 Å². The van der Waals surface area contributed by atoms with E-state index in [2.05, 4.69) is 16.4 Å². The average Bonchev–Trinajstić information content (AvgIpc) is 3.43. The van der Waals surface area contributed by atoms with E-state index in [4.69, 9.17) is 0 Å². The number of amides is 1. The molecule has 0 aliphatic rings. The largest absolute Gasteiger partial charge is 0.351 e. The van der Waals surface area contributed by atoms with Crippen molar-refractivity contribution in [1.82, 2.24) is 14.9 Å². The van der Waals surface area contributed by atoms with E-state index in [0.717, 1.165) is 12.0 Å². The lowest BCUT2D eigenvalue weighted by molar-refractivity contribution is -0.118. The van der Waals surface area contributed by atoms with Crippen LogP contribution in [0.15, 0.2) is 69.2 Å². The van der Waals surface area contributed by atoms with E-state index in [9.17, 15) is 9.59 Å². The molecule has 0 aliphatic heterocycles. The Balaban J connectivity index is 1.47. The van der Waals surface area contributed by atoms with Crippen molar-refractivity contribution in [3.05, 3.63) is 80.1 Å². The summed E-state index contributed by atoms with van der Waals surface area (Å²) in [5.74, 6) is 0.136. The van der Waals surface area contributed by atoms with Gasteiger partial charge in [-0.15, -0.1) is 22.7 Å².